The number of benzene rings is 2. The Morgan fingerprint density at radius 2 is 1.93 bits per heavy atom. The van der Waals surface area contributed by atoms with E-state index in [0.717, 1.165) is 5.56 Å². The Kier molecular flexibility index (Phi) is 6.66. The van der Waals surface area contributed by atoms with E-state index in [2.05, 4.69) is 15.2 Å². The Hall–Kier alpha value is -3.13. The number of alkyl halides is 2. The average molecular weight is 422 g/mol. The van der Waals surface area contributed by atoms with Crippen LogP contribution in [0.15, 0.2) is 59.5 Å². The largest absolute Gasteiger partial charge is 0.490 e. The standard InChI is InChI=1S/C20H18ClF2N3O3/c1-2-28-17-10-13(8-9-16(17)29-20(22)23)11-24-15-12-25-26(19(27)18(15)21)14-6-4-3-5-7-14/h3-10,12,20,24H,2,11H2,1H3. The Bertz CT molecular complexity index is 1030. The summed E-state index contributed by atoms with van der Waals surface area (Å²) < 4.78 is 36.0. The van der Waals surface area contributed by atoms with E-state index in [-0.39, 0.29) is 23.1 Å². The van der Waals surface area contributed by atoms with Gasteiger partial charge in [-0.15, -0.1) is 0 Å². The number of ether oxygens (including phenoxy) is 2. The van der Waals surface area contributed by atoms with Gasteiger partial charge in [0.25, 0.3) is 5.56 Å². The first-order chi connectivity index (χ1) is 14.0. The summed E-state index contributed by atoms with van der Waals surface area (Å²) in [5, 5.41) is 7.16. The van der Waals surface area contributed by atoms with Crippen LogP contribution in [0.2, 0.25) is 5.02 Å². The molecule has 0 amide bonds. The molecule has 1 N–H and O–H groups in total. The second-order valence-electron chi connectivity index (χ2n) is 5.87. The van der Waals surface area contributed by atoms with Gasteiger partial charge in [0, 0.05) is 6.54 Å². The summed E-state index contributed by atoms with van der Waals surface area (Å²) >= 11 is 6.21. The number of halogens is 3. The van der Waals surface area contributed by atoms with Gasteiger partial charge in [0.15, 0.2) is 11.5 Å². The molecule has 0 radical (unpaired) electrons. The van der Waals surface area contributed by atoms with Crippen LogP contribution in [0.5, 0.6) is 11.5 Å². The minimum absolute atomic E-state index is 0.00783. The molecule has 29 heavy (non-hydrogen) atoms. The van der Waals surface area contributed by atoms with Crippen molar-refractivity contribution in [2.24, 2.45) is 0 Å². The van der Waals surface area contributed by atoms with E-state index >= 15 is 0 Å². The fourth-order valence-electron chi connectivity index (χ4n) is 2.63. The second kappa shape index (κ2) is 9.38. The number of aromatic nitrogens is 2. The van der Waals surface area contributed by atoms with Crippen molar-refractivity contribution in [2.45, 2.75) is 20.1 Å². The maximum Gasteiger partial charge on any atom is 0.387 e. The highest BCUT2D eigenvalue weighted by Crippen LogP contribution is 2.30. The first kappa shape index (κ1) is 20.6. The molecular weight excluding hydrogens is 404 g/mol. The third-order valence-electron chi connectivity index (χ3n) is 3.93. The molecule has 0 saturated carbocycles. The topological polar surface area (TPSA) is 65.4 Å². The number of rotatable bonds is 8. The van der Waals surface area contributed by atoms with Crippen LogP contribution in [0.3, 0.4) is 0 Å². The molecule has 1 heterocycles. The molecule has 0 unspecified atom stereocenters. The van der Waals surface area contributed by atoms with E-state index in [9.17, 15) is 13.6 Å². The number of hydrogen-bond donors (Lipinski definition) is 1. The zero-order chi connectivity index (χ0) is 20.8. The van der Waals surface area contributed by atoms with Gasteiger partial charge < -0.3 is 14.8 Å². The monoisotopic (exact) mass is 421 g/mol. The van der Waals surface area contributed by atoms with Crippen LogP contribution < -0.4 is 20.3 Å². The summed E-state index contributed by atoms with van der Waals surface area (Å²) in [6.07, 6.45) is 1.45. The van der Waals surface area contributed by atoms with Crippen LogP contribution in [0.25, 0.3) is 5.69 Å². The van der Waals surface area contributed by atoms with Crippen molar-refractivity contribution >= 4 is 17.3 Å². The van der Waals surface area contributed by atoms with Gasteiger partial charge in [-0.05, 0) is 36.8 Å². The van der Waals surface area contributed by atoms with Gasteiger partial charge in [-0.3, -0.25) is 4.79 Å². The highest BCUT2D eigenvalue weighted by molar-refractivity contribution is 6.32. The first-order valence-electron chi connectivity index (χ1n) is 8.77. The van der Waals surface area contributed by atoms with Crippen LogP contribution >= 0.6 is 11.6 Å². The van der Waals surface area contributed by atoms with E-state index < -0.39 is 12.2 Å². The lowest BCUT2D eigenvalue weighted by Gasteiger charge is -2.14. The van der Waals surface area contributed by atoms with Crippen LogP contribution in [-0.4, -0.2) is 23.0 Å². The van der Waals surface area contributed by atoms with Crippen molar-refractivity contribution in [2.75, 3.05) is 11.9 Å². The molecule has 0 aliphatic heterocycles. The molecule has 0 fully saturated rings. The van der Waals surface area contributed by atoms with Crippen molar-refractivity contribution in [3.8, 4) is 17.2 Å². The third kappa shape index (κ3) is 5.03. The van der Waals surface area contributed by atoms with Gasteiger partial charge in [0.05, 0.1) is 24.2 Å². The highest BCUT2D eigenvalue weighted by Gasteiger charge is 2.13. The predicted octanol–water partition coefficient (Wildman–Crippen LogP) is 4.50. The van der Waals surface area contributed by atoms with Crippen molar-refractivity contribution in [1.82, 2.24) is 9.78 Å². The predicted molar refractivity (Wildman–Crippen MR) is 106 cm³/mol. The Morgan fingerprint density at radius 1 is 1.17 bits per heavy atom. The molecule has 0 spiro atoms. The molecule has 0 saturated heterocycles. The number of nitrogens with zero attached hydrogens (tertiary/aromatic N) is 2. The fourth-order valence-corrected chi connectivity index (χ4v) is 2.83. The molecule has 3 rings (SSSR count). The maximum absolute atomic E-state index is 12.5. The number of para-hydroxylation sites is 1. The van der Waals surface area contributed by atoms with Gasteiger partial charge in [-0.1, -0.05) is 35.9 Å². The minimum atomic E-state index is -2.95. The van der Waals surface area contributed by atoms with Crippen molar-refractivity contribution in [3.63, 3.8) is 0 Å². The van der Waals surface area contributed by atoms with E-state index in [4.69, 9.17) is 16.3 Å². The summed E-state index contributed by atoms with van der Waals surface area (Å²) in [6.45, 7) is -0.640. The van der Waals surface area contributed by atoms with Crippen molar-refractivity contribution < 1.29 is 18.3 Å². The Labute approximate surface area is 170 Å². The molecule has 6 nitrogen and oxygen atoms in total. The van der Waals surface area contributed by atoms with Gasteiger partial charge in [-0.2, -0.15) is 18.6 Å². The van der Waals surface area contributed by atoms with Gasteiger partial charge in [0.1, 0.15) is 5.02 Å². The molecular formula is C20H18ClF2N3O3. The fraction of sp³-hybridized carbons (Fsp3) is 0.200. The van der Waals surface area contributed by atoms with Crippen LogP contribution in [0, 0.1) is 0 Å². The number of anilines is 1. The lowest BCUT2D eigenvalue weighted by atomic mass is 10.2. The van der Waals surface area contributed by atoms with Crippen molar-refractivity contribution in [1.29, 1.82) is 0 Å². The van der Waals surface area contributed by atoms with E-state index in [0.29, 0.717) is 18.0 Å². The van der Waals surface area contributed by atoms with Crippen LogP contribution in [0.4, 0.5) is 14.5 Å². The molecule has 0 aliphatic carbocycles. The van der Waals surface area contributed by atoms with Crippen LogP contribution in [0.1, 0.15) is 12.5 Å². The van der Waals surface area contributed by atoms with Crippen LogP contribution in [-0.2, 0) is 6.54 Å². The SMILES string of the molecule is CCOc1cc(CNc2cnn(-c3ccccc3)c(=O)c2Cl)ccc1OC(F)F. The summed E-state index contributed by atoms with van der Waals surface area (Å²) in [5.41, 5.74) is 1.22. The highest BCUT2D eigenvalue weighted by atomic mass is 35.5. The zero-order valence-electron chi connectivity index (χ0n) is 15.4. The van der Waals surface area contributed by atoms with Gasteiger partial charge >= 0.3 is 6.61 Å². The quantitative estimate of drug-likeness (QED) is 0.580. The normalized spacial score (nSPS) is 10.8. The molecule has 3 aromatic rings. The van der Waals surface area contributed by atoms with E-state index in [1.165, 1.54) is 16.9 Å². The number of nitrogens with one attached hydrogen (secondary N) is 1. The average Bonchev–Trinajstić information content (AvgIpc) is 2.71. The Balaban J connectivity index is 1.78. The smallest absolute Gasteiger partial charge is 0.387 e. The van der Waals surface area contributed by atoms with E-state index in [1.54, 1.807) is 43.3 Å². The van der Waals surface area contributed by atoms with Gasteiger partial charge in [-0.25, -0.2) is 0 Å². The molecule has 0 bridgehead atoms. The lowest BCUT2D eigenvalue weighted by Crippen LogP contribution is -2.22. The first-order valence-corrected chi connectivity index (χ1v) is 9.15. The minimum Gasteiger partial charge on any atom is -0.490 e. The van der Waals surface area contributed by atoms with Crippen molar-refractivity contribution in [3.05, 3.63) is 75.7 Å². The second-order valence-corrected chi connectivity index (χ2v) is 6.25. The summed E-state index contributed by atoms with van der Waals surface area (Å²) in [4.78, 5) is 12.5. The zero-order valence-corrected chi connectivity index (χ0v) is 16.2. The van der Waals surface area contributed by atoms with E-state index in [1.807, 2.05) is 6.07 Å². The molecule has 0 atom stereocenters. The number of hydrogen-bond acceptors (Lipinski definition) is 5. The van der Waals surface area contributed by atoms with Gasteiger partial charge in [0.2, 0.25) is 0 Å². The lowest BCUT2D eigenvalue weighted by molar-refractivity contribution is -0.0514. The molecule has 152 valence electrons. The summed E-state index contributed by atoms with van der Waals surface area (Å²) in [6, 6.07) is 13.5. The molecule has 9 heteroatoms. The maximum atomic E-state index is 12.5. The molecule has 1 aromatic heterocycles. The summed E-state index contributed by atoms with van der Waals surface area (Å²) in [5.74, 6) is 0.159. The molecule has 2 aromatic carbocycles. The Morgan fingerprint density at radius 3 is 2.62 bits per heavy atom. The third-order valence-corrected chi connectivity index (χ3v) is 4.29. The molecule has 0 aliphatic rings. The summed E-state index contributed by atoms with van der Waals surface area (Å²) in [7, 11) is 0.